The van der Waals surface area contributed by atoms with Crippen molar-refractivity contribution in [3.05, 3.63) is 60.3 Å². The Morgan fingerprint density at radius 3 is 2.81 bits per heavy atom. The first-order valence-electron chi connectivity index (χ1n) is 8.58. The molecule has 0 saturated carbocycles. The fourth-order valence-corrected chi connectivity index (χ4v) is 4.65. The summed E-state index contributed by atoms with van der Waals surface area (Å²) in [5.74, 6) is 1.96. The van der Waals surface area contributed by atoms with Crippen molar-refractivity contribution in [2.45, 2.75) is 23.5 Å². The van der Waals surface area contributed by atoms with Gasteiger partial charge in [-0.05, 0) is 30.0 Å². The second-order valence-electron chi connectivity index (χ2n) is 5.91. The molecule has 1 amide bonds. The molecule has 1 aromatic heterocycles. The van der Waals surface area contributed by atoms with Gasteiger partial charge in [-0.2, -0.15) is 0 Å². The average Bonchev–Trinajstić information content (AvgIpc) is 3.25. The summed E-state index contributed by atoms with van der Waals surface area (Å²) in [5, 5.41) is 4.08. The van der Waals surface area contributed by atoms with Gasteiger partial charge in [0.05, 0.1) is 11.3 Å². The maximum atomic E-state index is 12.6. The number of imidazole rings is 1. The quantitative estimate of drug-likeness (QED) is 0.631. The zero-order valence-electron chi connectivity index (χ0n) is 14.4. The minimum atomic E-state index is -0.0772. The normalized spacial score (nSPS) is 12.8. The summed E-state index contributed by atoms with van der Waals surface area (Å²) in [4.78, 5) is 18.3. The predicted octanol–water partition coefficient (Wildman–Crippen LogP) is 5.02. The van der Waals surface area contributed by atoms with Crippen LogP contribution in [0.1, 0.15) is 17.3 Å². The molecule has 6 heteroatoms. The van der Waals surface area contributed by atoms with Crippen molar-refractivity contribution < 1.29 is 4.79 Å². The lowest BCUT2D eigenvalue weighted by molar-refractivity contribution is 0.102. The van der Waals surface area contributed by atoms with Crippen molar-refractivity contribution in [1.82, 2.24) is 9.55 Å². The molecule has 0 saturated heterocycles. The molecular formula is C20H19N3OS2. The first-order valence-corrected chi connectivity index (χ1v) is 10.6. The van der Waals surface area contributed by atoms with E-state index in [9.17, 15) is 4.79 Å². The molecule has 4 rings (SSSR count). The fraction of sp³-hybridized carbons (Fsp3) is 0.200. The third-order valence-corrected chi connectivity index (χ3v) is 6.10. The Morgan fingerprint density at radius 1 is 1.23 bits per heavy atom. The van der Waals surface area contributed by atoms with Crippen molar-refractivity contribution in [3.8, 4) is 11.3 Å². The number of aromatic nitrogens is 2. The molecule has 3 aromatic rings. The highest BCUT2D eigenvalue weighted by Crippen LogP contribution is 2.29. The van der Waals surface area contributed by atoms with Crippen LogP contribution >= 0.6 is 23.5 Å². The third kappa shape index (κ3) is 3.52. The minimum absolute atomic E-state index is 0.0772. The molecule has 2 heterocycles. The third-order valence-electron chi connectivity index (χ3n) is 4.17. The highest BCUT2D eigenvalue weighted by Gasteiger charge is 2.15. The van der Waals surface area contributed by atoms with E-state index >= 15 is 0 Å². The van der Waals surface area contributed by atoms with Gasteiger partial charge in [-0.3, -0.25) is 4.79 Å². The van der Waals surface area contributed by atoms with Crippen LogP contribution in [0.25, 0.3) is 11.3 Å². The lowest BCUT2D eigenvalue weighted by Gasteiger charge is -2.09. The summed E-state index contributed by atoms with van der Waals surface area (Å²) in [6, 6.07) is 15.6. The summed E-state index contributed by atoms with van der Waals surface area (Å²) in [6.07, 6.45) is 2.10. The topological polar surface area (TPSA) is 46.9 Å². The van der Waals surface area contributed by atoms with Gasteiger partial charge in [0.1, 0.15) is 0 Å². The number of fused-ring (bicyclic) bond motifs is 1. The van der Waals surface area contributed by atoms with Gasteiger partial charge in [0.15, 0.2) is 5.16 Å². The average molecular weight is 382 g/mol. The maximum Gasteiger partial charge on any atom is 0.256 e. The second-order valence-corrected chi connectivity index (χ2v) is 8.28. The lowest BCUT2D eigenvalue weighted by atomic mass is 10.1. The Bertz CT molecular complexity index is 913. The number of thioether (sulfide) groups is 2. The number of carbonyl (C=O) groups excluding carboxylic acids is 1. The summed E-state index contributed by atoms with van der Waals surface area (Å²) < 4.78 is 2.19. The zero-order chi connectivity index (χ0) is 17.9. The molecule has 26 heavy (non-hydrogen) atoms. The summed E-state index contributed by atoms with van der Waals surface area (Å²) in [7, 11) is 0. The van der Waals surface area contributed by atoms with Gasteiger partial charge in [0, 0.05) is 34.6 Å². The summed E-state index contributed by atoms with van der Waals surface area (Å²) >= 11 is 3.47. The molecule has 0 spiro atoms. The molecule has 132 valence electrons. The largest absolute Gasteiger partial charge is 0.325 e. The Labute approximate surface area is 161 Å². The molecule has 0 aliphatic carbocycles. The Morgan fingerprint density at radius 2 is 2.04 bits per heavy atom. The predicted molar refractivity (Wildman–Crippen MR) is 109 cm³/mol. The molecule has 0 unspecified atom stereocenters. The number of rotatable bonds is 5. The Kier molecular flexibility index (Phi) is 5.04. The highest BCUT2D eigenvalue weighted by molar-refractivity contribution is 7.99. The molecule has 0 bridgehead atoms. The zero-order valence-corrected chi connectivity index (χ0v) is 16.1. The van der Waals surface area contributed by atoms with Crippen LogP contribution in [0.4, 0.5) is 5.69 Å². The number of hydrogen-bond donors (Lipinski definition) is 1. The van der Waals surface area contributed by atoms with E-state index in [2.05, 4.69) is 28.0 Å². The van der Waals surface area contributed by atoms with Gasteiger partial charge in [-0.15, -0.1) is 11.8 Å². The monoisotopic (exact) mass is 381 g/mol. The highest BCUT2D eigenvalue weighted by atomic mass is 32.2. The first-order chi connectivity index (χ1) is 12.7. The van der Waals surface area contributed by atoms with Gasteiger partial charge in [0.25, 0.3) is 5.91 Å². The van der Waals surface area contributed by atoms with Crippen molar-refractivity contribution in [2.75, 3.05) is 16.8 Å². The molecule has 0 radical (unpaired) electrons. The number of nitrogens with zero attached hydrogens (tertiary/aromatic N) is 2. The Hall–Kier alpha value is -2.18. The van der Waals surface area contributed by atoms with E-state index in [1.54, 1.807) is 23.5 Å². The van der Waals surface area contributed by atoms with Gasteiger partial charge >= 0.3 is 0 Å². The van der Waals surface area contributed by atoms with Crippen molar-refractivity contribution in [2.24, 2.45) is 0 Å². The standard InChI is InChI=1S/C20H19N3OS2/c1-2-25-18-6-4-3-5-16(18)19(24)21-15-9-7-14(8-10-15)17-13-23-11-12-26-20(23)22-17/h3-10,13H,2,11-12H2,1H3,(H,21,24). The molecule has 0 fully saturated rings. The number of amides is 1. The SMILES string of the molecule is CCSc1ccccc1C(=O)Nc1ccc(-c2cn3c(n2)SCC3)cc1. The summed E-state index contributed by atoms with van der Waals surface area (Å²) in [6.45, 7) is 3.11. The van der Waals surface area contributed by atoms with Gasteiger partial charge in [-0.1, -0.05) is 43.0 Å². The van der Waals surface area contributed by atoms with Crippen LogP contribution < -0.4 is 5.32 Å². The van der Waals surface area contributed by atoms with Crippen LogP contribution in [0, 0.1) is 0 Å². The van der Waals surface area contributed by atoms with Gasteiger partial charge < -0.3 is 9.88 Å². The molecule has 4 nitrogen and oxygen atoms in total. The van der Waals surface area contributed by atoms with Gasteiger partial charge in [0.2, 0.25) is 0 Å². The number of hydrogen-bond acceptors (Lipinski definition) is 4. The van der Waals surface area contributed by atoms with E-state index in [-0.39, 0.29) is 5.91 Å². The lowest BCUT2D eigenvalue weighted by Crippen LogP contribution is -2.12. The van der Waals surface area contributed by atoms with Crippen molar-refractivity contribution >= 4 is 35.1 Å². The summed E-state index contributed by atoms with van der Waals surface area (Å²) in [5.41, 5.74) is 3.55. The number of aryl methyl sites for hydroxylation is 1. The van der Waals surface area contributed by atoms with Crippen LogP contribution in [0.15, 0.2) is 64.8 Å². The van der Waals surface area contributed by atoms with Crippen LogP contribution in [0.2, 0.25) is 0 Å². The fourth-order valence-electron chi connectivity index (χ4n) is 2.91. The number of benzene rings is 2. The van der Waals surface area contributed by atoms with E-state index in [0.717, 1.165) is 45.0 Å². The maximum absolute atomic E-state index is 12.6. The van der Waals surface area contributed by atoms with E-state index in [1.165, 1.54) is 0 Å². The molecular weight excluding hydrogens is 362 g/mol. The smallest absolute Gasteiger partial charge is 0.256 e. The van der Waals surface area contributed by atoms with Crippen molar-refractivity contribution in [1.29, 1.82) is 0 Å². The molecule has 1 N–H and O–H groups in total. The molecule has 1 aliphatic rings. The molecule has 1 aliphatic heterocycles. The van der Waals surface area contributed by atoms with E-state index in [1.807, 2.05) is 48.5 Å². The molecule has 0 atom stereocenters. The second kappa shape index (κ2) is 7.60. The van der Waals surface area contributed by atoms with Crippen LogP contribution in [0.3, 0.4) is 0 Å². The molecule has 2 aromatic carbocycles. The van der Waals surface area contributed by atoms with E-state index in [0.29, 0.717) is 5.56 Å². The van der Waals surface area contributed by atoms with Gasteiger partial charge in [-0.25, -0.2) is 4.98 Å². The Balaban J connectivity index is 1.49. The van der Waals surface area contributed by atoms with E-state index in [4.69, 9.17) is 0 Å². The minimum Gasteiger partial charge on any atom is -0.325 e. The van der Waals surface area contributed by atoms with Crippen LogP contribution in [-0.4, -0.2) is 27.0 Å². The van der Waals surface area contributed by atoms with Crippen LogP contribution in [0.5, 0.6) is 0 Å². The van der Waals surface area contributed by atoms with Crippen molar-refractivity contribution in [3.63, 3.8) is 0 Å². The number of nitrogens with one attached hydrogen (secondary N) is 1. The van der Waals surface area contributed by atoms with Crippen LogP contribution in [-0.2, 0) is 6.54 Å². The number of carbonyl (C=O) groups is 1. The van der Waals surface area contributed by atoms with E-state index < -0.39 is 0 Å². The first kappa shape index (κ1) is 17.2. The number of anilines is 1.